The van der Waals surface area contributed by atoms with Crippen molar-refractivity contribution in [2.75, 3.05) is 26.2 Å². The maximum atomic E-state index is 13.5. The number of benzene rings is 1. The zero-order valence-electron chi connectivity index (χ0n) is 18.1. The Morgan fingerprint density at radius 2 is 1.91 bits per heavy atom. The maximum Gasteiger partial charge on any atom is 0.334 e. The summed E-state index contributed by atoms with van der Waals surface area (Å²) < 4.78 is 13.5. The third-order valence-electron chi connectivity index (χ3n) is 5.59. The van der Waals surface area contributed by atoms with Crippen LogP contribution in [0.5, 0.6) is 0 Å². The van der Waals surface area contributed by atoms with Crippen LogP contribution in [0, 0.1) is 5.95 Å². The van der Waals surface area contributed by atoms with E-state index in [9.17, 15) is 18.8 Å². The molecule has 2 fully saturated rings. The van der Waals surface area contributed by atoms with E-state index in [4.69, 9.17) is 0 Å². The largest absolute Gasteiger partial charge is 0.334 e. The van der Waals surface area contributed by atoms with Crippen LogP contribution in [0.3, 0.4) is 0 Å². The molecule has 0 spiro atoms. The first-order valence-electron chi connectivity index (χ1n) is 10.6. The summed E-state index contributed by atoms with van der Waals surface area (Å²) in [5.41, 5.74) is 1.32. The van der Waals surface area contributed by atoms with E-state index >= 15 is 0 Å². The van der Waals surface area contributed by atoms with Crippen molar-refractivity contribution in [1.29, 1.82) is 0 Å². The van der Waals surface area contributed by atoms with Crippen LogP contribution in [0.2, 0.25) is 0 Å². The average molecular weight is 452 g/mol. The number of aromatic nitrogens is 1. The van der Waals surface area contributed by atoms with Gasteiger partial charge in [0, 0.05) is 13.1 Å². The molecule has 1 aromatic carbocycles. The number of urea groups is 1. The van der Waals surface area contributed by atoms with Crippen molar-refractivity contribution < 1.29 is 18.8 Å². The average Bonchev–Trinajstić information content (AvgIpc) is 2.80. The van der Waals surface area contributed by atoms with E-state index in [-0.39, 0.29) is 50.6 Å². The molecular formula is C23H25FN6O3. The fourth-order valence-corrected chi connectivity index (χ4v) is 4.03. The van der Waals surface area contributed by atoms with Gasteiger partial charge in [-0.2, -0.15) is 4.39 Å². The van der Waals surface area contributed by atoms with Crippen molar-refractivity contribution >= 4 is 17.8 Å². The molecule has 2 aliphatic heterocycles. The van der Waals surface area contributed by atoms with Crippen LogP contribution in [0.15, 0.2) is 61.2 Å². The number of hydrogen-bond donors (Lipinski definition) is 1. The zero-order valence-corrected chi connectivity index (χ0v) is 18.1. The van der Waals surface area contributed by atoms with Crippen molar-refractivity contribution in [2.24, 2.45) is 0 Å². The number of halogens is 1. The van der Waals surface area contributed by atoms with Crippen LogP contribution >= 0.6 is 0 Å². The van der Waals surface area contributed by atoms with E-state index in [1.54, 1.807) is 17.2 Å². The number of piperazine rings is 1. The zero-order chi connectivity index (χ0) is 23.4. The second kappa shape index (κ2) is 9.78. The van der Waals surface area contributed by atoms with Crippen LogP contribution in [-0.2, 0) is 22.7 Å². The summed E-state index contributed by atoms with van der Waals surface area (Å²) in [5, 5.41) is 5.99. The van der Waals surface area contributed by atoms with Gasteiger partial charge in [0.05, 0.1) is 25.3 Å². The summed E-state index contributed by atoms with van der Waals surface area (Å²) in [7, 11) is 0. The molecule has 2 aliphatic rings. The van der Waals surface area contributed by atoms with Crippen LogP contribution in [0.4, 0.5) is 9.18 Å². The SMILES string of the molecule is C=CCN1CC(=O)N2CC(=O)N(Cc3cccc(F)n3)CC2N1C(=O)NCc1ccccc1. The number of carbonyl (C=O) groups is 3. The van der Waals surface area contributed by atoms with Gasteiger partial charge >= 0.3 is 6.03 Å². The molecule has 0 radical (unpaired) electrons. The Bertz CT molecular complexity index is 1050. The number of nitrogens with zero attached hydrogens (tertiary/aromatic N) is 5. The molecule has 1 aromatic heterocycles. The van der Waals surface area contributed by atoms with Crippen LogP contribution < -0.4 is 5.32 Å². The van der Waals surface area contributed by atoms with Gasteiger partial charge in [-0.25, -0.2) is 19.8 Å². The number of nitrogens with one attached hydrogen (secondary N) is 1. The molecule has 3 heterocycles. The Morgan fingerprint density at radius 1 is 1.12 bits per heavy atom. The summed E-state index contributed by atoms with van der Waals surface area (Å²) in [6.45, 7) is 4.28. The van der Waals surface area contributed by atoms with E-state index in [2.05, 4.69) is 16.9 Å². The van der Waals surface area contributed by atoms with E-state index in [0.29, 0.717) is 12.2 Å². The molecule has 2 saturated heterocycles. The number of fused-ring (bicyclic) bond motifs is 1. The lowest BCUT2D eigenvalue weighted by molar-refractivity contribution is -0.180. The second-order valence-corrected chi connectivity index (χ2v) is 7.85. The van der Waals surface area contributed by atoms with E-state index < -0.39 is 12.1 Å². The van der Waals surface area contributed by atoms with Gasteiger partial charge in [0.2, 0.25) is 17.8 Å². The number of rotatable bonds is 6. The highest BCUT2D eigenvalue weighted by atomic mass is 19.1. The predicted molar refractivity (Wildman–Crippen MR) is 117 cm³/mol. The summed E-state index contributed by atoms with van der Waals surface area (Å²) >= 11 is 0. The number of pyridine rings is 1. The van der Waals surface area contributed by atoms with Crippen LogP contribution in [-0.4, -0.2) is 75.0 Å². The van der Waals surface area contributed by atoms with Gasteiger partial charge in [-0.05, 0) is 17.7 Å². The topological polar surface area (TPSA) is 89.1 Å². The van der Waals surface area contributed by atoms with Crippen LogP contribution in [0.25, 0.3) is 0 Å². The smallest absolute Gasteiger partial charge is 0.333 e. The van der Waals surface area contributed by atoms with Gasteiger partial charge < -0.3 is 15.1 Å². The van der Waals surface area contributed by atoms with Crippen molar-refractivity contribution in [3.8, 4) is 0 Å². The molecule has 0 bridgehead atoms. The van der Waals surface area contributed by atoms with Crippen molar-refractivity contribution in [3.05, 3.63) is 78.4 Å². The van der Waals surface area contributed by atoms with Gasteiger partial charge in [-0.3, -0.25) is 9.59 Å². The van der Waals surface area contributed by atoms with Crippen molar-refractivity contribution in [3.63, 3.8) is 0 Å². The molecule has 1 atom stereocenters. The Morgan fingerprint density at radius 3 is 2.64 bits per heavy atom. The van der Waals surface area contributed by atoms with Gasteiger partial charge in [0.1, 0.15) is 12.7 Å². The van der Waals surface area contributed by atoms with E-state index in [0.717, 1.165) is 5.56 Å². The van der Waals surface area contributed by atoms with Crippen LogP contribution in [0.1, 0.15) is 11.3 Å². The molecule has 0 aliphatic carbocycles. The normalized spacial score (nSPS) is 18.8. The minimum atomic E-state index is -0.701. The van der Waals surface area contributed by atoms with Crippen molar-refractivity contribution in [1.82, 2.24) is 30.1 Å². The molecule has 4 amide bonds. The summed E-state index contributed by atoms with van der Waals surface area (Å²) in [6.07, 6.45) is 0.913. The van der Waals surface area contributed by atoms with E-state index in [1.807, 2.05) is 30.3 Å². The number of amides is 4. The fraction of sp³-hybridized carbons (Fsp3) is 0.304. The van der Waals surface area contributed by atoms with Gasteiger partial charge in [0.25, 0.3) is 0 Å². The molecule has 4 rings (SSSR count). The maximum absolute atomic E-state index is 13.5. The Labute approximate surface area is 191 Å². The summed E-state index contributed by atoms with van der Waals surface area (Å²) in [5.74, 6) is -1.16. The number of hydrazine groups is 1. The minimum Gasteiger partial charge on any atom is -0.333 e. The Balaban J connectivity index is 1.55. The molecular weight excluding hydrogens is 427 g/mol. The lowest BCUT2D eigenvalue weighted by Crippen LogP contribution is -2.73. The lowest BCUT2D eigenvalue weighted by Gasteiger charge is -2.52. The molecule has 10 heteroatoms. The molecule has 33 heavy (non-hydrogen) atoms. The fourth-order valence-electron chi connectivity index (χ4n) is 4.03. The quantitative estimate of drug-likeness (QED) is 0.528. The standard InChI is InChI=1S/C23H25FN6O3/c1-2-11-28-15-22(32)29-16-21(31)27(13-18-9-6-10-19(24)26-18)14-20(29)30(28)23(33)25-12-17-7-4-3-5-8-17/h2-10,20H,1,11-16H2,(H,25,33). The van der Waals surface area contributed by atoms with E-state index in [1.165, 1.54) is 26.9 Å². The third-order valence-corrected chi connectivity index (χ3v) is 5.59. The molecule has 1 N–H and O–H groups in total. The molecule has 0 saturated carbocycles. The molecule has 9 nitrogen and oxygen atoms in total. The predicted octanol–water partition coefficient (Wildman–Crippen LogP) is 1.35. The van der Waals surface area contributed by atoms with Gasteiger partial charge in [-0.15, -0.1) is 6.58 Å². The first kappa shape index (κ1) is 22.4. The molecule has 172 valence electrons. The molecule has 2 aromatic rings. The first-order chi connectivity index (χ1) is 16.0. The summed E-state index contributed by atoms with van der Waals surface area (Å²) in [4.78, 5) is 45.5. The Kier molecular flexibility index (Phi) is 6.64. The number of carbonyl (C=O) groups excluding carboxylic acids is 3. The summed E-state index contributed by atoms with van der Waals surface area (Å²) in [6, 6.07) is 13.5. The Hall–Kier alpha value is -3.79. The van der Waals surface area contributed by atoms with Crippen molar-refractivity contribution in [2.45, 2.75) is 19.3 Å². The second-order valence-electron chi connectivity index (χ2n) is 7.85. The lowest BCUT2D eigenvalue weighted by atomic mass is 10.2. The monoisotopic (exact) mass is 452 g/mol. The highest BCUT2D eigenvalue weighted by Crippen LogP contribution is 2.23. The highest BCUT2D eigenvalue weighted by Gasteiger charge is 2.46. The molecule has 1 unspecified atom stereocenters. The first-order valence-corrected chi connectivity index (χ1v) is 10.6. The van der Waals surface area contributed by atoms with Gasteiger partial charge in [-0.1, -0.05) is 42.5 Å². The third kappa shape index (κ3) is 5.01. The highest BCUT2D eigenvalue weighted by molar-refractivity contribution is 5.89. The van der Waals surface area contributed by atoms with Gasteiger partial charge in [0.15, 0.2) is 0 Å². The number of hydrogen-bond acceptors (Lipinski definition) is 5. The minimum absolute atomic E-state index is 0.0417.